The lowest BCUT2D eigenvalue weighted by Crippen LogP contribution is -2.58. The molecule has 3 heterocycles. The first-order chi connectivity index (χ1) is 11.2. The van der Waals surface area contributed by atoms with E-state index in [1.54, 1.807) is 13.2 Å². The van der Waals surface area contributed by atoms with Crippen LogP contribution in [0, 0.1) is 0 Å². The van der Waals surface area contributed by atoms with Crippen LogP contribution in [-0.4, -0.2) is 64.6 Å². The zero-order valence-electron chi connectivity index (χ0n) is 13.9. The van der Waals surface area contributed by atoms with E-state index in [1.807, 2.05) is 4.90 Å². The number of carbonyl (C=O) groups is 1. The smallest absolute Gasteiger partial charge is 0.323 e. The maximum Gasteiger partial charge on any atom is 0.323 e. The number of piperazine rings is 1. The predicted molar refractivity (Wildman–Crippen MR) is 87.1 cm³/mol. The molecule has 2 aliphatic heterocycles. The Labute approximate surface area is 137 Å². The number of carbonyl (C=O) groups excluding carboxylic acids is 1. The van der Waals surface area contributed by atoms with Crippen LogP contribution in [0.25, 0.3) is 0 Å². The maximum absolute atomic E-state index is 12.7. The van der Waals surface area contributed by atoms with Gasteiger partial charge < -0.3 is 9.64 Å². The molecule has 0 aliphatic carbocycles. The first kappa shape index (κ1) is 16.1. The Morgan fingerprint density at radius 3 is 3.09 bits per heavy atom. The fraction of sp³-hybridized carbons (Fsp3) is 0.688. The Kier molecular flexibility index (Phi) is 5.07. The predicted octanol–water partition coefficient (Wildman–Crippen LogP) is 1.71. The molecule has 2 fully saturated rings. The molecule has 1 N–H and O–H groups in total. The van der Waals surface area contributed by atoms with Crippen molar-refractivity contribution in [2.75, 3.05) is 32.1 Å². The number of hydrogen-bond donors (Lipinski definition) is 1. The lowest BCUT2D eigenvalue weighted by molar-refractivity contribution is 0.0767. The van der Waals surface area contributed by atoms with Gasteiger partial charge in [0.2, 0.25) is 0 Å². The fourth-order valence-corrected chi connectivity index (χ4v) is 3.56. The Morgan fingerprint density at radius 2 is 2.30 bits per heavy atom. The van der Waals surface area contributed by atoms with Crippen molar-refractivity contribution in [2.45, 2.75) is 44.9 Å². The molecule has 0 bridgehead atoms. The van der Waals surface area contributed by atoms with Crippen molar-refractivity contribution >= 4 is 11.8 Å². The highest BCUT2D eigenvalue weighted by atomic mass is 16.5. The number of anilines is 1. The zero-order chi connectivity index (χ0) is 16.2. The van der Waals surface area contributed by atoms with Crippen LogP contribution in [0.5, 0.6) is 0 Å². The van der Waals surface area contributed by atoms with Crippen molar-refractivity contribution < 1.29 is 9.53 Å². The minimum Gasteiger partial charge on any atom is -0.378 e. The Balaban J connectivity index is 1.67. The van der Waals surface area contributed by atoms with Crippen LogP contribution < -0.4 is 5.32 Å². The molecule has 2 atom stereocenters. The van der Waals surface area contributed by atoms with Crippen LogP contribution in [0.15, 0.2) is 12.4 Å². The average Bonchev–Trinajstić information content (AvgIpc) is 3.01. The van der Waals surface area contributed by atoms with Gasteiger partial charge in [0.1, 0.15) is 12.1 Å². The van der Waals surface area contributed by atoms with Gasteiger partial charge in [0.05, 0.1) is 12.3 Å². The monoisotopic (exact) mass is 319 g/mol. The van der Waals surface area contributed by atoms with Gasteiger partial charge in [-0.25, -0.2) is 14.8 Å². The lowest BCUT2D eigenvalue weighted by atomic mass is 10.1. The van der Waals surface area contributed by atoms with Gasteiger partial charge in [0.15, 0.2) is 0 Å². The quantitative estimate of drug-likeness (QED) is 0.915. The summed E-state index contributed by atoms with van der Waals surface area (Å²) in [6.07, 6.45) is 4.85. The molecule has 1 aromatic heterocycles. The van der Waals surface area contributed by atoms with E-state index in [2.05, 4.69) is 27.1 Å². The third-order valence-corrected chi connectivity index (χ3v) is 4.78. The van der Waals surface area contributed by atoms with Gasteiger partial charge in [-0.05, 0) is 25.8 Å². The minimum absolute atomic E-state index is 0.0644. The van der Waals surface area contributed by atoms with Crippen molar-refractivity contribution in [1.82, 2.24) is 19.8 Å². The summed E-state index contributed by atoms with van der Waals surface area (Å²) in [7, 11) is 1.62. The largest absolute Gasteiger partial charge is 0.378 e. The van der Waals surface area contributed by atoms with E-state index in [1.165, 1.54) is 25.7 Å². The van der Waals surface area contributed by atoms with E-state index >= 15 is 0 Å². The standard InChI is InChI=1S/C16H25N5O2/c1-3-13-8-20-6-4-5-14(20)9-21(13)16(22)19-15-7-12(10-23-2)17-11-18-15/h7,11,13-14H,3-6,8-10H2,1-2H3,(H,17,18,19,22)/t13-,14+/m1/s1. The molecule has 0 saturated carbocycles. The topological polar surface area (TPSA) is 70.6 Å². The summed E-state index contributed by atoms with van der Waals surface area (Å²) >= 11 is 0. The lowest BCUT2D eigenvalue weighted by Gasteiger charge is -2.43. The average molecular weight is 319 g/mol. The van der Waals surface area contributed by atoms with Crippen LogP contribution in [0.4, 0.5) is 10.6 Å². The second-order valence-corrected chi connectivity index (χ2v) is 6.26. The minimum atomic E-state index is -0.0644. The van der Waals surface area contributed by atoms with Crippen LogP contribution in [0.3, 0.4) is 0 Å². The van der Waals surface area contributed by atoms with Gasteiger partial charge in [-0.1, -0.05) is 6.92 Å². The highest BCUT2D eigenvalue weighted by Crippen LogP contribution is 2.26. The van der Waals surface area contributed by atoms with Crippen LogP contribution >= 0.6 is 0 Å². The molecule has 0 unspecified atom stereocenters. The van der Waals surface area contributed by atoms with E-state index in [4.69, 9.17) is 4.74 Å². The first-order valence-corrected chi connectivity index (χ1v) is 8.32. The summed E-state index contributed by atoms with van der Waals surface area (Å²) in [5, 5.41) is 2.92. The molecule has 2 amide bonds. The third-order valence-electron chi connectivity index (χ3n) is 4.78. The molecule has 1 aromatic rings. The van der Waals surface area contributed by atoms with Gasteiger partial charge in [-0.2, -0.15) is 0 Å². The van der Waals surface area contributed by atoms with E-state index in [9.17, 15) is 4.79 Å². The van der Waals surface area contributed by atoms with Gasteiger partial charge in [0.25, 0.3) is 0 Å². The van der Waals surface area contributed by atoms with Crippen molar-refractivity contribution in [2.24, 2.45) is 0 Å². The highest BCUT2D eigenvalue weighted by Gasteiger charge is 2.37. The molecule has 23 heavy (non-hydrogen) atoms. The van der Waals surface area contributed by atoms with Crippen molar-refractivity contribution in [3.63, 3.8) is 0 Å². The third kappa shape index (κ3) is 3.61. The number of nitrogens with one attached hydrogen (secondary N) is 1. The number of methoxy groups -OCH3 is 1. The molecule has 2 aliphatic rings. The van der Waals surface area contributed by atoms with E-state index < -0.39 is 0 Å². The molecular formula is C16H25N5O2. The maximum atomic E-state index is 12.7. The number of nitrogens with zero attached hydrogens (tertiary/aromatic N) is 4. The second kappa shape index (κ2) is 7.23. The van der Waals surface area contributed by atoms with Crippen molar-refractivity contribution in [3.05, 3.63) is 18.1 Å². The first-order valence-electron chi connectivity index (χ1n) is 8.32. The second-order valence-electron chi connectivity index (χ2n) is 6.26. The number of urea groups is 1. The zero-order valence-corrected chi connectivity index (χ0v) is 13.9. The van der Waals surface area contributed by atoms with Gasteiger partial charge >= 0.3 is 6.03 Å². The van der Waals surface area contributed by atoms with Crippen molar-refractivity contribution in [3.8, 4) is 0 Å². The van der Waals surface area contributed by atoms with Gasteiger partial charge in [-0.15, -0.1) is 0 Å². The molecular weight excluding hydrogens is 294 g/mol. The number of hydrogen-bond acceptors (Lipinski definition) is 5. The summed E-state index contributed by atoms with van der Waals surface area (Å²) in [4.78, 5) is 25.5. The molecule has 0 radical (unpaired) electrons. The Hall–Kier alpha value is -1.73. The molecule has 0 spiro atoms. The highest BCUT2D eigenvalue weighted by molar-refractivity contribution is 5.88. The summed E-state index contributed by atoms with van der Waals surface area (Å²) in [5.74, 6) is 0.528. The van der Waals surface area contributed by atoms with Gasteiger partial charge in [-0.3, -0.25) is 10.2 Å². The number of ether oxygens (including phenoxy) is 1. The molecule has 0 aromatic carbocycles. The summed E-state index contributed by atoms with van der Waals surface area (Å²) in [6, 6.07) is 2.47. The summed E-state index contributed by atoms with van der Waals surface area (Å²) in [6.45, 7) is 5.50. The number of aromatic nitrogens is 2. The number of amides is 2. The van der Waals surface area contributed by atoms with Crippen LogP contribution in [-0.2, 0) is 11.3 Å². The molecule has 2 saturated heterocycles. The number of fused-ring (bicyclic) bond motifs is 1. The fourth-order valence-electron chi connectivity index (χ4n) is 3.56. The van der Waals surface area contributed by atoms with Gasteiger partial charge in [0, 0.05) is 38.3 Å². The van der Waals surface area contributed by atoms with E-state index in [-0.39, 0.29) is 12.1 Å². The van der Waals surface area contributed by atoms with Crippen LogP contribution in [0.2, 0.25) is 0 Å². The molecule has 7 heteroatoms. The van der Waals surface area contributed by atoms with E-state index in [0.717, 1.165) is 25.2 Å². The van der Waals surface area contributed by atoms with E-state index in [0.29, 0.717) is 18.5 Å². The molecule has 7 nitrogen and oxygen atoms in total. The van der Waals surface area contributed by atoms with Crippen molar-refractivity contribution in [1.29, 1.82) is 0 Å². The summed E-state index contributed by atoms with van der Waals surface area (Å²) in [5.41, 5.74) is 0.755. The molecule has 126 valence electrons. The normalized spacial score (nSPS) is 24.5. The SMILES string of the molecule is CC[C@@H]1CN2CCC[C@H]2CN1C(=O)Nc1cc(COC)ncn1. The summed E-state index contributed by atoms with van der Waals surface area (Å²) < 4.78 is 5.07. The Bertz CT molecular complexity index is 553. The molecule has 3 rings (SSSR count). The Morgan fingerprint density at radius 1 is 1.43 bits per heavy atom. The van der Waals surface area contributed by atoms with Crippen LogP contribution in [0.1, 0.15) is 31.9 Å². The number of rotatable bonds is 4.